The van der Waals surface area contributed by atoms with Crippen LogP contribution in [0.5, 0.6) is 0 Å². The molecule has 0 saturated heterocycles. The Morgan fingerprint density at radius 1 is 1.17 bits per heavy atom. The van der Waals surface area contributed by atoms with Gasteiger partial charge < -0.3 is 15.1 Å². The van der Waals surface area contributed by atoms with Crippen molar-refractivity contribution < 1.29 is 22.8 Å². The van der Waals surface area contributed by atoms with Crippen LogP contribution in [0.3, 0.4) is 0 Å². The molecule has 0 spiro atoms. The van der Waals surface area contributed by atoms with Crippen LogP contribution in [0, 0.1) is 0 Å². The maximum absolute atomic E-state index is 13.1. The van der Waals surface area contributed by atoms with Crippen LogP contribution in [0.15, 0.2) is 24.3 Å². The number of nitrogens with one attached hydrogen (secondary N) is 1. The van der Waals surface area contributed by atoms with Crippen molar-refractivity contribution in [2.45, 2.75) is 19.5 Å². The summed E-state index contributed by atoms with van der Waals surface area (Å²) in [5.41, 5.74) is -1.26. The van der Waals surface area contributed by atoms with Crippen LogP contribution < -0.4 is 10.2 Å². The summed E-state index contributed by atoms with van der Waals surface area (Å²) in [4.78, 5) is 26.5. The zero-order valence-electron chi connectivity index (χ0n) is 14.0. The number of rotatable bonds is 7. The van der Waals surface area contributed by atoms with E-state index in [1.165, 1.54) is 18.2 Å². The molecule has 134 valence electrons. The molecule has 1 aromatic rings. The number of hydrogen-bond acceptors (Lipinski definition) is 3. The van der Waals surface area contributed by atoms with Crippen molar-refractivity contribution in [3.8, 4) is 0 Å². The van der Waals surface area contributed by atoms with E-state index in [0.29, 0.717) is 13.0 Å². The maximum Gasteiger partial charge on any atom is 0.418 e. The molecule has 2 amide bonds. The summed E-state index contributed by atoms with van der Waals surface area (Å²) in [5, 5.41) is 2.61. The molecule has 5 nitrogen and oxygen atoms in total. The lowest BCUT2D eigenvalue weighted by atomic mass is 10.1. The lowest BCUT2D eigenvalue weighted by Gasteiger charge is -2.24. The zero-order valence-corrected chi connectivity index (χ0v) is 14.0. The quantitative estimate of drug-likeness (QED) is 0.770. The van der Waals surface area contributed by atoms with Crippen molar-refractivity contribution in [3.63, 3.8) is 0 Å². The van der Waals surface area contributed by atoms with Crippen LogP contribution in [0.25, 0.3) is 0 Å². The smallest absolute Gasteiger partial charge is 0.355 e. The second-order valence-electron chi connectivity index (χ2n) is 5.63. The van der Waals surface area contributed by atoms with Gasteiger partial charge in [0.2, 0.25) is 11.8 Å². The minimum atomic E-state index is -4.60. The summed E-state index contributed by atoms with van der Waals surface area (Å²) in [7, 11) is 3.79. The van der Waals surface area contributed by atoms with Gasteiger partial charge in [-0.1, -0.05) is 12.1 Å². The minimum Gasteiger partial charge on any atom is -0.355 e. The van der Waals surface area contributed by atoms with E-state index in [0.717, 1.165) is 24.4 Å². The fourth-order valence-electron chi connectivity index (χ4n) is 2.14. The molecule has 0 aliphatic carbocycles. The van der Waals surface area contributed by atoms with Gasteiger partial charge in [-0.3, -0.25) is 9.59 Å². The predicted molar refractivity (Wildman–Crippen MR) is 85.7 cm³/mol. The summed E-state index contributed by atoms with van der Waals surface area (Å²) >= 11 is 0. The number of carbonyl (C=O) groups is 2. The molecule has 0 aliphatic rings. The van der Waals surface area contributed by atoms with Gasteiger partial charge in [-0.15, -0.1) is 0 Å². The average molecular weight is 345 g/mol. The molecule has 0 bridgehead atoms. The third kappa shape index (κ3) is 6.19. The summed E-state index contributed by atoms with van der Waals surface area (Å²) < 4.78 is 39.3. The Morgan fingerprint density at radius 2 is 1.79 bits per heavy atom. The Hall–Kier alpha value is -2.09. The van der Waals surface area contributed by atoms with E-state index in [9.17, 15) is 22.8 Å². The van der Waals surface area contributed by atoms with Gasteiger partial charge in [-0.05, 0) is 39.2 Å². The van der Waals surface area contributed by atoms with Gasteiger partial charge in [0.1, 0.15) is 6.54 Å². The van der Waals surface area contributed by atoms with Gasteiger partial charge in [0.25, 0.3) is 0 Å². The Kier molecular flexibility index (Phi) is 7.21. The van der Waals surface area contributed by atoms with Gasteiger partial charge in [-0.25, -0.2) is 0 Å². The highest BCUT2D eigenvalue weighted by Crippen LogP contribution is 2.36. The molecule has 1 N–H and O–H groups in total. The molecular formula is C16H22F3N3O2. The molecule has 1 rings (SSSR count). The van der Waals surface area contributed by atoms with Crippen LogP contribution in [-0.4, -0.2) is 50.4 Å². The van der Waals surface area contributed by atoms with Crippen molar-refractivity contribution >= 4 is 17.5 Å². The molecule has 0 unspecified atom stereocenters. The normalized spacial score (nSPS) is 11.5. The van der Waals surface area contributed by atoms with Gasteiger partial charge in [0, 0.05) is 13.5 Å². The lowest BCUT2D eigenvalue weighted by Crippen LogP contribution is -2.41. The zero-order chi connectivity index (χ0) is 18.3. The fraction of sp³-hybridized carbons (Fsp3) is 0.500. The molecule has 0 saturated carbocycles. The van der Waals surface area contributed by atoms with Crippen LogP contribution in [0.4, 0.5) is 18.9 Å². The van der Waals surface area contributed by atoms with Crippen molar-refractivity contribution in [3.05, 3.63) is 29.8 Å². The van der Waals surface area contributed by atoms with Crippen molar-refractivity contribution in [2.75, 3.05) is 38.6 Å². The van der Waals surface area contributed by atoms with Gasteiger partial charge >= 0.3 is 6.18 Å². The SMILES string of the molecule is CC(=O)N(CC(=O)NCCCN(C)C)c1ccccc1C(F)(F)F. The summed E-state index contributed by atoms with van der Waals surface area (Å²) in [5.74, 6) is -1.13. The van der Waals surface area contributed by atoms with Crippen LogP contribution >= 0.6 is 0 Å². The minimum absolute atomic E-state index is 0.319. The molecule has 0 heterocycles. The highest BCUT2D eigenvalue weighted by molar-refractivity contribution is 5.98. The molecule has 1 aromatic carbocycles. The number of halogens is 3. The average Bonchev–Trinajstić information content (AvgIpc) is 2.48. The Bertz CT molecular complexity index is 574. The topological polar surface area (TPSA) is 52.7 Å². The number of para-hydroxylation sites is 1. The standard InChI is InChI=1S/C16H22F3N3O2/c1-12(23)22(11-15(24)20-9-6-10-21(2)3)14-8-5-4-7-13(14)16(17,18)19/h4-5,7-8H,6,9-11H2,1-3H3,(H,20,24). The van der Waals surface area contributed by atoms with E-state index in [1.807, 2.05) is 19.0 Å². The number of hydrogen-bond donors (Lipinski definition) is 1. The van der Waals surface area contributed by atoms with E-state index in [1.54, 1.807) is 0 Å². The van der Waals surface area contributed by atoms with Gasteiger partial charge in [-0.2, -0.15) is 13.2 Å². The lowest BCUT2D eigenvalue weighted by molar-refractivity contribution is -0.137. The van der Waals surface area contributed by atoms with Crippen molar-refractivity contribution in [1.82, 2.24) is 10.2 Å². The van der Waals surface area contributed by atoms with Gasteiger partial charge in [0.05, 0.1) is 11.3 Å². The number of nitrogens with zero attached hydrogens (tertiary/aromatic N) is 2. The first-order valence-corrected chi connectivity index (χ1v) is 7.48. The van der Waals surface area contributed by atoms with Crippen molar-refractivity contribution in [2.24, 2.45) is 0 Å². The number of amides is 2. The number of alkyl halides is 3. The first kappa shape index (κ1) is 20.0. The second kappa shape index (κ2) is 8.68. The highest BCUT2D eigenvalue weighted by Gasteiger charge is 2.35. The highest BCUT2D eigenvalue weighted by atomic mass is 19.4. The van der Waals surface area contributed by atoms with E-state index >= 15 is 0 Å². The Balaban J connectivity index is 2.82. The molecule has 0 atom stereocenters. The number of anilines is 1. The molecule has 0 radical (unpaired) electrons. The monoisotopic (exact) mass is 345 g/mol. The molecule has 8 heteroatoms. The summed E-state index contributed by atoms with van der Waals surface area (Å²) in [6.07, 6.45) is -3.90. The second-order valence-corrected chi connectivity index (χ2v) is 5.63. The summed E-state index contributed by atoms with van der Waals surface area (Å²) in [6, 6.07) is 4.71. The van der Waals surface area contributed by atoms with Crippen LogP contribution in [-0.2, 0) is 15.8 Å². The Labute approximate surface area is 139 Å². The van der Waals surface area contributed by atoms with Crippen molar-refractivity contribution in [1.29, 1.82) is 0 Å². The summed E-state index contributed by atoms with van der Waals surface area (Å²) in [6.45, 7) is 1.84. The molecule has 24 heavy (non-hydrogen) atoms. The molecule has 0 fully saturated rings. The van der Waals surface area contributed by atoms with E-state index in [-0.39, 0.29) is 5.69 Å². The largest absolute Gasteiger partial charge is 0.418 e. The van der Waals surface area contributed by atoms with Crippen LogP contribution in [0.1, 0.15) is 18.9 Å². The predicted octanol–water partition coefficient (Wildman–Crippen LogP) is 2.13. The first-order valence-electron chi connectivity index (χ1n) is 7.48. The van der Waals surface area contributed by atoms with E-state index in [4.69, 9.17) is 0 Å². The maximum atomic E-state index is 13.1. The number of benzene rings is 1. The fourth-order valence-corrected chi connectivity index (χ4v) is 2.14. The third-order valence-electron chi connectivity index (χ3n) is 3.29. The van der Waals surface area contributed by atoms with E-state index < -0.39 is 30.1 Å². The Morgan fingerprint density at radius 3 is 2.33 bits per heavy atom. The number of carbonyl (C=O) groups excluding carboxylic acids is 2. The van der Waals surface area contributed by atoms with Crippen LogP contribution in [0.2, 0.25) is 0 Å². The molecular weight excluding hydrogens is 323 g/mol. The first-order chi connectivity index (χ1) is 11.1. The molecule has 0 aliphatic heterocycles. The van der Waals surface area contributed by atoms with E-state index in [2.05, 4.69) is 5.32 Å². The third-order valence-corrected chi connectivity index (χ3v) is 3.29. The van der Waals surface area contributed by atoms with Gasteiger partial charge in [0.15, 0.2) is 0 Å². The molecule has 0 aromatic heterocycles.